The van der Waals surface area contributed by atoms with E-state index in [1.54, 1.807) is 6.08 Å². The third-order valence-electron chi connectivity index (χ3n) is 12.6. The Morgan fingerprint density at radius 2 is 0.954 bits per heavy atom. The number of unbranched alkanes of at least 4 members (excludes halogenated alkanes) is 17. The molecule has 0 spiro atoms. The van der Waals surface area contributed by atoms with E-state index in [1.807, 2.05) is 6.08 Å². The lowest BCUT2D eigenvalue weighted by atomic mass is 9.96. The van der Waals surface area contributed by atoms with E-state index in [0.29, 0.717) is 6.42 Å². The molecule has 19 heteroatoms. The van der Waals surface area contributed by atoms with Gasteiger partial charge < -0.3 is 89.9 Å². The first-order chi connectivity index (χ1) is 31.3. The number of ether oxygens (including phenoxy) is 6. The Kier molecular flexibility index (Phi) is 28.8. The second-order valence-corrected chi connectivity index (χ2v) is 17.9. The molecule has 0 aromatic carbocycles. The van der Waals surface area contributed by atoms with Crippen molar-refractivity contribution in [1.82, 2.24) is 5.32 Å². The van der Waals surface area contributed by atoms with Crippen molar-refractivity contribution in [2.24, 2.45) is 0 Å². The molecule has 3 rings (SSSR count). The molecule has 0 radical (unpaired) electrons. The van der Waals surface area contributed by atoms with Gasteiger partial charge in [0.15, 0.2) is 18.9 Å². The van der Waals surface area contributed by atoms with Crippen LogP contribution in [0.2, 0.25) is 0 Å². The van der Waals surface area contributed by atoms with Gasteiger partial charge in [-0.3, -0.25) is 4.79 Å². The number of allylic oxidation sites excluding steroid dienone is 1. The molecule has 3 aliphatic heterocycles. The number of carbonyl (C=O) groups is 1. The summed E-state index contributed by atoms with van der Waals surface area (Å²) < 4.78 is 34.0. The van der Waals surface area contributed by atoms with Gasteiger partial charge in [-0.2, -0.15) is 0 Å². The summed E-state index contributed by atoms with van der Waals surface area (Å²) in [5.74, 6) is -0.284. The number of aliphatic hydroxyl groups excluding tert-OH is 11. The smallest absolute Gasteiger partial charge is 0.220 e. The average molecular weight is 940 g/mol. The van der Waals surface area contributed by atoms with Gasteiger partial charge >= 0.3 is 0 Å². The second-order valence-electron chi connectivity index (χ2n) is 17.9. The van der Waals surface area contributed by atoms with Crippen molar-refractivity contribution in [3.63, 3.8) is 0 Å². The van der Waals surface area contributed by atoms with Crippen LogP contribution < -0.4 is 5.32 Å². The number of carbonyl (C=O) groups excluding carboxylic acids is 1. The Labute approximate surface area is 385 Å². The highest BCUT2D eigenvalue weighted by Gasteiger charge is 2.53. The van der Waals surface area contributed by atoms with Gasteiger partial charge in [0.05, 0.1) is 38.6 Å². The summed E-state index contributed by atoms with van der Waals surface area (Å²) in [7, 11) is 0. The van der Waals surface area contributed by atoms with E-state index in [4.69, 9.17) is 28.4 Å². The van der Waals surface area contributed by atoms with Gasteiger partial charge in [-0.15, -0.1) is 0 Å². The maximum absolute atomic E-state index is 13.1. The minimum atomic E-state index is -1.97. The fourth-order valence-corrected chi connectivity index (χ4v) is 8.42. The highest BCUT2D eigenvalue weighted by Crippen LogP contribution is 2.33. The van der Waals surface area contributed by atoms with E-state index < -0.39 is 124 Å². The average Bonchev–Trinajstić information content (AvgIpc) is 3.30. The molecule has 382 valence electrons. The van der Waals surface area contributed by atoms with Crippen LogP contribution in [-0.4, -0.2) is 193 Å². The molecule has 1 amide bonds. The standard InChI is InChI=1S/C46H85NO18/c1-3-5-7-9-11-13-14-15-16-17-19-21-23-30(51)29(47-34(52)24-22-20-18-12-10-8-6-4-2)28-60-44-40(58)37(55)42(32(26-49)62-44)65-46-41(59)38(56)43(33(27-50)63-46)64-45-39(57)36(54)35(53)31(25-48)61-45/h21,23,29-33,35-46,48-51,53-59H,3-20,22,24-28H2,1-2H3,(H,47,52)/b23-21+. The normalized spacial score (nSPS) is 34.2. The number of aliphatic hydroxyl groups is 11. The summed E-state index contributed by atoms with van der Waals surface area (Å²) in [6.45, 7) is 1.62. The Hall–Kier alpha value is -1.47. The quantitative estimate of drug-likeness (QED) is 0.0318. The van der Waals surface area contributed by atoms with Crippen LogP contribution in [0.5, 0.6) is 0 Å². The van der Waals surface area contributed by atoms with E-state index in [0.717, 1.165) is 44.9 Å². The molecule has 3 fully saturated rings. The predicted octanol–water partition coefficient (Wildman–Crippen LogP) is 0.695. The third-order valence-corrected chi connectivity index (χ3v) is 12.6. The maximum atomic E-state index is 13.1. The molecule has 12 N–H and O–H groups in total. The van der Waals surface area contributed by atoms with Gasteiger partial charge in [-0.1, -0.05) is 129 Å². The van der Waals surface area contributed by atoms with E-state index in [2.05, 4.69) is 19.2 Å². The predicted molar refractivity (Wildman–Crippen MR) is 236 cm³/mol. The SMILES string of the molecule is CCCCCCCCCCCC/C=C/C(O)C(COC1OC(CO)C(OC2OC(CO)C(OC3OC(CO)C(O)C(O)C3O)C(O)C2O)C(O)C1O)NC(=O)CCCCCCCCCC. The van der Waals surface area contributed by atoms with Crippen molar-refractivity contribution < 1.29 is 89.4 Å². The lowest BCUT2D eigenvalue weighted by Crippen LogP contribution is -2.66. The monoisotopic (exact) mass is 940 g/mol. The minimum absolute atomic E-state index is 0.245. The Morgan fingerprint density at radius 3 is 1.45 bits per heavy atom. The number of hydrogen-bond donors (Lipinski definition) is 12. The Balaban J connectivity index is 1.59. The van der Waals surface area contributed by atoms with Crippen molar-refractivity contribution in [2.45, 2.75) is 247 Å². The minimum Gasteiger partial charge on any atom is -0.394 e. The number of hydrogen-bond acceptors (Lipinski definition) is 18. The molecule has 3 aliphatic rings. The summed E-state index contributed by atoms with van der Waals surface area (Å²) in [5.41, 5.74) is 0. The molecule has 3 saturated heterocycles. The summed E-state index contributed by atoms with van der Waals surface area (Å²) in [6, 6.07) is -0.962. The molecular weight excluding hydrogens is 854 g/mol. The number of nitrogens with one attached hydrogen (secondary N) is 1. The summed E-state index contributed by atoms with van der Waals surface area (Å²) in [4.78, 5) is 13.1. The lowest BCUT2D eigenvalue weighted by molar-refractivity contribution is -0.379. The number of rotatable bonds is 33. The molecule has 65 heavy (non-hydrogen) atoms. The van der Waals surface area contributed by atoms with E-state index >= 15 is 0 Å². The van der Waals surface area contributed by atoms with Gasteiger partial charge in [0.2, 0.25) is 5.91 Å². The topological polar surface area (TPSA) is 307 Å². The lowest BCUT2D eigenvalue weighted by Gasteiger charge is -2.48. The zero-order chi connectivity index (χ0) is 47.7. The van der Waals surface area contributed by atoms with E-state index in [9.17, 15) is 61.0 Å². The Bertz CT molecular complexity index is 1260. The van der Waals surface area contributed by atoms with Crippen LogP contribution in [0.1, 0.15) is 142 Å². The van der Waals surface area contributed by atoms with Crippen LogP contribution >= 0.6 is 0 Å². The fourth-order valence-electron chi connectivity index (χ4n) is 8.42. The summed E-state index contributed by atoms with van der Waals surface area (Å²) in [6.07, 6.45) is -1.82. The van der Waals surface area contributed by atoms with Crippen LogP contribution in [0, 0.1) is 0 Å². The van der Waals surface area contributed by atoms with Crippen LogP contribution in [0.4, 0.5) is 0 Å². The van der Waals surface area contributed by atoms with Crippen LogP contribution in [0.25, 0.3) is 0 Å². The maximum Gasteiger partial charge on any atom is 0.220 e. The molecule has 0 bridgehead atoms. The molecule has 17 atom stereocenters. The third kappa shape index (κ3) is 19.1. The van der Waals surface area contributed by atoms with Crippen molar-refractivity contribution in [2.75, 3.05) is 26.4 Å². The molecule has 17 unspecified atom stereocenters. The van der Waals surface area contributed by atoms with Gasteiger partial charge in [0.1, 0.15) is 73.2 Å². The highest BCUT2D eigenvalue weighted by molar-refractivity contribution is 5.76. The van der Waals surface area contributed by atoms with E-state index in [1.165, 1.54) is 70.6 Å². The first-order valence-corrected chi connectivity index (χ1v) is 24.4. The summed E-state index contributed by atoms with van der Waals surface area (Å²) >= 11 is 0. The van der Waals surface area contributed by atoms with Crippen molar-refractivity contribution in [1.29, 1.82) is 0 Å². The second kappa shape index (κ2) is 32.4. The van der Waals surface area contributed by atoms with Crippen LogP contribution in [-0.2, 0) is 33.2 Å². The zero-order valence-corrected chi connectivity index (χ0v) is 38.7. The van der Waals surface area contributed by atoms with Gasteiger partial charge in [-0.05, 0) is 19.3 Å². The molecule has 19 nitrogen and oxygen atoms in total. The zero-order valence-electron chi connectivity index (χ0n) is 38.7. The van der Waals surface area contributed by atoms with Crippen molar-refractivity contribution in [3.8, 4) is 0 Å². The van der Waals surface area contributed by atoms with Crippen molar-refractivity contribution in [3.05, 3.63) is 12.2 Å². The Morgan fingerprint density at radius 1 is 0.538 bits per heavy atom. The van der Waals surface area contributed by atoms with Crippen LogP contribution in [0.3, 0.4) is 0 Å². The first kappa shape index (κ1) is 57.8. The van der Waals surface area contributed by atoms with E-state index in [-0.39, 0.29) is 18.9 Å². The van der Waals surface area contributed by atoms with Gasteiger partial charge in [0.25, 0.3) is 0 Å². The fraction of sp³-hybridized carbons (Fsp3) is 0.935. The van der Waals surface area contributed by atoms with Gasteiger partial charge in [0, 0.05) is 6.42 Å². The van der Waals surface area contributed by atoms with Crippen LogP contribution in [0.15, 0.2) is 12.2 Å². The first-order valence-electron chi connectivity index (χ1n) is 24.4. The van der Waals surface area contributed by atoms with Crippen molar-refractivity contribution >= 4 is 5.91 Å². The largest absolute Gasteiger partial charge is 0.394 e. The molecule has 0 aromatic heterocycles. The van der Waals surface area contributed by atoms with Gasteiger partial charge in [-0.25, -0.2) is 0 Å². The molecule has 0 saturated carbocycles. The molecular formula is C46H85NO18. The summed E-state index contributed by atoms with van der Waals surface area (Å²) in [5, 5.41) is 119. The molecule has 0 aromatic rings. The highest BCUT2D eigenvalue weighted by atomic mass is 16.8. The molecule has 3 heterocycles. The molecule has 0 aliphatic carbocycles. The number of amides is 1.